The van der Waals surface area contributed by atoms with Gasteiger partial charge >= 0.3 is 24.3 Å². The maximum absolute atomic E-state index is 14.3. The molecule has 10 heteroatoms. The second kappa shape index (κ2) is 7.93. The van der Waals surface area contributed by atoms with E-state index < -0.39 is 52.0 Å². The van der Waals surface area contributed by atoms with Crippen LogP contribution in [0.1, 0.15) is 43.0 Å². The topological polar surface area (TPSA) is 74.6 Å². The van der Waals surface area contributed by atoms with Gasteiger partial charge in [0.1, 0.15) is 0 Å². The molecule has 0 heterocycles. The van der Waals surface area contributed by atoms with Gasteiger partial charge in [-0.3, -0.25) is 0 Å². The highest BCUT2D eigenvalue weighted by atomic mass is 19.4. The molecule has 2 aromatic carbocycles. The van der Waals surface area contributed by atoms with Crippen molar-refractivity contribution in [1.29, 1.82) is 0 Å². The van der Waals surface area contributed by atoms with Crippen LogP contribution in [0.15, 0.2) is 49.6 Å². The molecule has 0 aliphatic carbocycles. The molecule has 0 aliphatic heterocycles. The third-order valence-corrected chi connectivity index (χ3v) is 4.68. The Balaban J connectivity index is 3.21. The molecule has 31 heavy (non-hydrogen) atoms. The van der Waals surface area contributed by atoms with Crippen molar-refractivity contribution < 1.29 is 46.1 Å². The summed E-state index contributed by atoms with van der Waals surface area (Å²) in [7, 11) is 0. The number of rotatable bonds is 6. The average molecular weight is 444 g/mol. The van der Waals surface area contributed by atoms with Gasteiger partial charge in [0.2, 0.25) is 5.41 Å². The minimum Gasteiger partial charge on any atom is -0.478 e. The summed E-state index contributed by atoms with van der Waals surface area (Å²) in [6, 6.07) is 3.62. The van der Waals surface area contributed by atoms with Crippen LogP contribution in [0.25, 0.3) is 12.2 Å². The summed E-state index contributed by atoms with van der Waals surface area (Å²) >= 11 is 0. The van der Waals surface area contributed by atoms with Gasteiger partial charge in [-0.2, -0.15) is 26.3 Å². The molecule has 0 aliphatic rings. The zero-order valence-electron chi connectivity index (χ0n) is 15.5. The van der Waals surface area contributed by atoms with Crippen LogP contribution in [-0.2, 0) is 5.41 Å². The van der Waals surface area contributed by atoms with E-state index in [0.29, 0.717) is 24.3 Å². The normalized spacial score (nSPS) is 12.3. The van der Waals surface area contributed by atoms with Crippen molar-refractivity contribution in [3.8, 4) is 0 Å². The molecule has 0 bridgehead atoms. The van der Waals surface area contributed by atoms with Gasteiger partial charge in [0.15, 0.2) is 0 Å². The summed E-state index contributed by atoms with van der Waals surface area (Å²) in [5, 5.41) is 18.8. The predicted octanol–water partition coefficient (Wildman–Crippen LogP) is 5.78. The zero-order chi connectivity index (χ0) is 23.8. The summed E-state index contributed by atoms with van der Waals surface area (Å²) in [6.45, 7) is 6.62. The molecule has 164 valence electrons. The van der Waals surface area contributed by atoms with Gasteiger partial charge in [-0.25, -0.2) is 9.59 Å². The highest BCUT2D eigenvalue weighted by molar-refractivity contribution is 5.94. The van der Waals surface area contributed by atoms with Gasteiger partial charge in [-0.15, -0.1) is 0 Å². The molecule has 0 fully saturated rings. The van der Waals surface area contributed by atoms with Crippen molar-refractivity contribution in [3.05, 3.63) is 82.9 Å². The summed E-state index contributed by atoms with van der Waals surface area (Å²) < 4.78 is 86.1. The number of aromatic carboxylic acids is 2. The lowest BCUT2D eigenvalue weighted by atomic mass is 9.69. The first-order valence-corrected chi connectivity index (χ1v) is 8.36. The second-order valence-electron chi connectivity index (χ2n) is 6.37. The third-order valence-electron chi connectivity index (χ3n) is 4.68. The Hall–Kier alpha value is -3.56. The van der Waals surface area contributed by atoms with Gasteiger partial charge < -0.3 is 10.2 Å². The van der Waals surface area contributed by atoms with E-state index in [2.05, 4.69) is 13.2 Å². The minimum absolute atomic E-state index is 0.0418. The number of halogens is 6. The maximum Gasteiger partial charge on any atom is 0.411 e. The van der Waals surface area contributed by atoms with Crippen molar-refractivity contribution >= 4 is 24.1 Å². The van der Waals surface area contributed by atoms with Crippen LogP contribution in [0.3, 0.4) is 0 Å². The van der Waals surface area contributed by atoms with E-state index in [1.165, 1.54) is 0 Å². The van der Waals surface area contributed by atoms with Crippen LogP contribution in [0.4, 0.5) is 26.3 Å². The number of hydrogen-bond acceptors (Lipinski definition) is 2. The lowest BCUT2D eigenvalue weighted by Gasteiger charge is -2.39. The van der Waals surface area contributed by atoms with E-state index in [4.69, 9.17) is 0 Å². The maximum atomic E-state index is 14.3. The number of alkyl halides is 6. The van der Waals surface area contributed by atoms with Crippen LogP contribution in [0.2, 0.25) is 0 Å². The quantitative estimate of drug-likeness (QED) is 0.554. The van der Waals surface area contributed by atoms with Gasteiger partial charge in [-0.1, -0.05) is 49.6 Å². The van der Waals surface area contributed by atoms with Crippen LogP contribution >= 0.6 is 0 Å². The van der Waals surface area contributed by atoms with Gasteiger partial charge in [0, 0.05) is 0 Å². The van der Waals surface area contributed by atoms with Gasteiger partial charge in [-0.05, 0) is 34.4 Å². The van der Waals surface area contributed by atoms with Crippen molar-refractivity contribution in [2.45, 2.75) is 17.8 Å². The Labute approximate surface area is 171 Å². The van der Waals surface area contributed by atoms with Crippen LogP contribution in [-0.4, -0.2) is 34.5 Å². The molecule has 2 aromatic rings. The van der Waals surface area contributed by atoms with E-state index in [1.54, 1.807) is 0 Å². The Morgan fingerprint density at radius 1 is 0.710 bits per heavy atom. The summed E-state index contributed by atoms with van der Waals surface area (Å²) in [4.78, 5) is 23.3. The Kier molecular flexibility index (Phi) is 6.07. The summed E-state index contributed by atoms with van der Waals surface area (Å²) in [5.41, 5.74) is -11.0. The number of carboxylic acid groups (broad SMARTS) is 2. The van der Waals surface area contributed by atoms with Crippen molar-refractivity contribution in [2.75, 3.05) is 0 Å². The summed E-state index contributed by atoms with van der Waals surface area (Å²) in [5.74, 6) is -4.12. The number of carboxylic acids is 2. The highest BCUT2D eigenvalue weighted by Gasteiger charge is 2.74. The highest BCUT2D eigenvalue weighted by Crippen LogP contribution is 2.57. The largest absolute Gasteiger partial charge is 0.478 e. The number of hydrogen-bond donors (Lipinski definition) is 2. The lowest BCUT2D eigenvalue weighted by Crippen LogP contribution is -2.56. The fraction of sp³-hybridized carbons (Fsp3) is 0.143. The van der Waals surface area contributed by atoms with E-state index in [9.17, 15) is 46.1 Å². The van der Waals surface area contributed by atoms with Crippen LogP contribution in [0, 0.1) is 0 Å². The Bertz CT molecular complexity index is 981. The van der Waals surface area contributed by atoms with E-state index in [0.717, 1.165) is 24.3 Å². The summed E-state index contributed by atoms with van der Waals surface area (Å²) in [6.07, 6.45) is -10.2. The third kappa shape index (κ3) is 3.80. The molecule has 2 rings (SSSR count). The molecule has 0 amide bonds. The molecule has 0 radical (unpaired) electrons. The molecular weight excluding hydrogens is 430 g/mol. The van der Waals surface area contributed by atoms with E-state index in [1.807, 2.05) is 0 Å². The number of benzene rings is 2. The molecule has 4 nitrogen and oxygen atoms in total. The van der Waals surface area contributed by atoms with E-state index in [-0.39, 0.29) is 11.1 Å². The minimum atomic E-state index is -6.16. The van der Waals surface area contributed by atoms with Crippen molar-refractivity contribution in [1.82, 2.24) is 0 Å². The second-order valence-corrected chi connectivity index (χ2v) is 6.37. The van der Waals surface area contributed by atoms with Crippen molar-refractivity contribution in [2.24, 2.45) is 0 Å². The van der Waals surface area contributed by atoms with Crippen molar-refractivity contribution in [3.63, 3.8) is 0 Å². The van der Waals surface area contributed by atoms with Crippen LogP contribution < -0.4 is 0 Å². The molecule has 0 unspecified atom stereocenters. The zero-order valence-corrected chi connectivity index (χ0v) is 15.5. The fourth-order valence-electron chi connectivity index (χ4n) is 3.30. The Morgan fingerprint density at radius 2 is 1.03 bits per heavy atom. The first-order valence-electron chi connectivity index (χ1n) is 8.36. The molecule has 2 N–H and O–H groups in total. The van der Waals surface area contributed by atoms with Gasteiger partial charge in [0.05, 0.1) is 11.1 Å². The molecule has 0 atom stereocenters. The van der Waals surface area contributed by atoms with Gasteiger partial charge in [0.25, 0.3) is 0 Å². The molecule has 0 spiro atoms. The molecular formula is C21H14F6O4. The molecule has 0 saturated carbocycles. The standard InChI is InChI=1S/C21H14F6O4/c1-3-11-5-7-15(13(9-11)17(28)29)19(20(22,23)24,21(25,26)27)16-8-6-12(4-2)10-14(16)18(30)31/h3-10H,1-2H2,(H,28,29)(H,30,31). The lowest BCUT2D eigenvalue weighted by molar-refractivity contribution is -0.288. The van der Waals surface area contributed by atoms with Crippen LogP contribution in [0.5, 0.6) is 0 Å². The first kappa shape index (κ1) is 23.7. The molecule has 0 aromatic heterocycles. The monoisotopic (exact) mass is 444 g/mol. The fourth-order valence-corrected chi connectivity index (χ4v) is 3.30. The SMILES string of the molecule is C=Cc1ccc(C(c2ccc(C=C)cc2C(=O)O)(C(F)(F)F)C(F)(F)F)c(C(=O)O)c1. The first-order chi connectivity index (χ1) is 14.2. The van der Waals surface area contributed by atoms with E-state index >= 15 is 0 Å². The Morgan fingerprint density at radius 3 is 1.26 bits per heavy atom. The smallest absolute Gasteiger partial charge is 0.411 e. The molecule has 0 saturated heterocycles. The number of carbonyl (C=O) groups is 2. The average Bonchev–Trinajstić information content (AvgIpc) is 2.66. The predicted molar refractivity (Wildman–Crippen MR) is 99.9 cm³/mol.